The molecule has 4 rings (SSSR count). The van der Waals surface area contributed by atoms with E-state index in [0.717, 1.165) is 5.56 Å². The van der Waals surface area contributed by atoms with Crippen LogP contribution in [0.3, 0.4) is 0 Å². The molecule has 0 fully saturated rings. The van der Waals surface area contributed by atoms with Gasteiger partial charge in [0.25, 0.3) is 5.56 Å². The summed E-state index contributed by atoms with van der Waals surface area (Å²) in [6.07, 6.45) is 1.65. The largest absolute Gasteiger partial charge is 0.506 e. The molecule has 0 unspecified atom stereocenters. The molecule has 1 aliphatic heterocycles. The van der Waals surface area contributed by atoms with Crippen molar-refractivity contribution in [3.8, 4) is 11.5 Å². The van der Waals surface area contributed by atoms with Gasteiger partial charge in [-0.3, -0.25) is 9.36 Å². The molecule has 0 aliphatic carbocycles. The van der Waals surface area contributed by atoms with Crippen molar-refractivity contribution >= 4 is 61.9 Å². The zero-order chi connectivity index (χ0) is 26.1. The summed E-state index contributed by atoms with van der Waals surface area (Å²) in [4.78, 5) is 32.0. The first-order valence-corrected chi connectivity index (χ1v) is 13.9. The third-order valence-corrected chi connectivity index (χ3v) is 7.84. The van der Waals surface area contributed by atoms with Gasteiger partial charge in [0, 0.05) is 5.56 Å². The number of halogens is 2. The van der Waals surface area contributed by atoms with Gasteiger partial charge in [0.05, 0.1) is 36.6 Å². The third-order valence-electron chi connectivity index (χ3n) is 5.43. The maximum Gasteiger partial charge on any atom is 0.338 e. The van der Waals surface area contributed by atoms with Crippen LogP contribution in [-0.2, 0) is 9.53 Å². The second-order valence-electron chi connectivity index (χ2n) is 8.34. The van der Waals surface area contributed by atoms with Gasteiger partial charge in [-0.05, 0) is 96.1 Å². The Morgan fingerprint density at radius 2 is 2.06 bits per heavy atom. The van der Waals surface area contributed by atoms with E-state index in [9.17, 15) is 14.7 Å². The van der Waals surface area contributed by atoms with E-state index in [-0.39, 0.29) is 24.0 Å². The van der Waals surface area contributed by atoms with E-state index in [2.05, 4.69) is 20.9 Å². The third kappa shape index (κ3) is 5.16. The van der Waals surface area contributed by atoms with E-state index in [4.69, 9.17) is 9.47 Å². The number of aromatic nitrogens is 1. The van der Waals surface area contributed by atoms with Crippen molar-refractivity contribution < 1.29 is 19.4 Å². The highest BCUT2D eigenvalue weighted by Gasteiger charge is 2.35. The molecule has 0 saturated carbocycles. The Morgan fingerprint density at radius 3 is 2.72 bits per heavy atom. The number of rotatable bonds is 6. The Hall–Kier alpha value is -2.44. The summed E-state index contributed by atoms with van der Waals surface area (Å²) in [6.45, 7) is 7.54. The number of allylic oxidation sites excluding steroid dienone is 1. The first kappa shape index (κ1) is 26.6. The minimum atomic E-state index is -0.760. The van der Waals surface area contributed by atoms with Crippen LogP contribution in [0.25, 0.3) is 6.08 Å². The van der Waals surface area contributed by atoms with Crippen LogP contribution < -0.4 is 19.6 Å². The number of phenols is 1. The number of benzene rings is 2. The molecule has 0 saturated heterocycles. The summed E-state index contributed by atoms with van der Waals surface area (Å²) in [5.41, 5.74) is 1.94. The van der Waals surface area contributed by atoms with E-state index in [1.165, 1.54) is 11.3 Å². The van der Waals surface area contributed by atoms with Gasteiger partial charge in [0.2, 0.25) is 0 Å². The van der Waals surface area contributed by atoms with Gasteiger partial charge in [-0.1, -0.05) is 29.5 Å². The molecule has 3 aromatic rings. The highest BCUT2D eigenvalue weighted by Crippen LogP contribution is 2.36. The smallest absolute Gasteiger partial charge is 0.338 e. The fraction of sp³-hybridized carbons (Fsp3) is 0.269. The van der Waals surface area contributed by atoms with E-state index >= 15 is 0 Å². The average Bonchev–Trinajstić information content (AvgIpc) is 3.11. The van der Waals surface area contributed by atoms with Crippen LogP contribution >= 0.6 is 49.9 Å². The SMILES string of the molecule is CCOC(=O)C1=C(C)N=c2s/c(=C/c3cc(Br)c(O)c(I)c3)c(=O)n2[C@H]1c1ccccc1OC(C)C. The summed E-state index contributed by atoms with van der Waals surface area (Å²) < 4.78 is 14.6. The summed E-state index contributed by atoms with van der Waals surface area (Å²) in [6, 6.07) is 10.2. The number of fused-ring (bicyclic) bond motifs is 1. The summed E-state index contributed by atoms with van der Waals surface area (Å²) >= 11 is 6.63. The predicted octanol–water partition coefficient (Wildman–Crippen LogP) is 4.66. The number of para-hydroxylation sites is 1. The monoisotopic (exact) mass is 682 g/mol. The summed E-state index contributed by atoms with van der Waals surface area (Å²) in [5, 5.41) is 10.1. The first-order chi connectivity index (χ1) is 17.1. The fourth-order valence-electron chi connectivity index (χ4n) is 3.97. The van der Waals surface area contributed by atoms with Crippen molar-refractivity contribution in [3.05, 3.63) is 86.5 Å². The molecule has 10 heteroatoms. The number of esters is 1. The van der Waals surface area contributed by atoms with Crippen molar-refractivity contribution in [2.45, 2.75) is 39.8 Å². The zero-order valence-corrected chi connectivity index (χ0v) is 24.6. The van der Waals surface area contributed by atoms with Crippen LogP contribution in [0, 0.1) is 3.57 Å². The lowest BCUT2D eigenvalue weighted by atomic mass is 9.95. The molecule has 2 aromatic carbocycles. The minimum absolute atomic E-state index is 0.103. The molecule has 1 atom stereocenters. The Balaban J connectivity index is 1.99. The van der Waals surface area contributed by atoms with Gasteiger partial charge in [-0.15, -0.1) is 0 Å². The standard InChI is InChI=1S/C26H24BrIN2O5S/c1-5-34-25(33)21-14(4)29-26-30(22(21)16-8-6-7-9-19(16)35-13(2)3)24(32)20(36-26)12-15-10-17(27)23(31)18(28)11-15/h6-13,22,31H,5H2,1-4H3/b20-12+/t22-/m0/s1. The van der Waals surface area contributed by atoms with Gasteiger partial charge in [0.15, 0.2) is 4.80 Å². The van der Waals surface area contributed by atoms with Crippen molar-refractivity contribution in [2.24, 2.45) is 4.99 Å². The number of aromatic hydroxyl groups is 1. The van der Waals surface area contributed by atoms with Crippen LogP contribution in [0.15, 0.2) is 61.9 Å². The second-order valence-corrected chi connectivity index (χ2v) is 11.4. The van der Waals surface area contributed by atoms with Gasteiger partial charge in [-0.2, -0.15) is 0 Å². The summed E-state index contributed by atoms with van der Waals surface area (Å²) in [5.74, 6) is 0.209. The maximum atomic E-state index is 13.8. The molecule has 36 heavy (non-hydrogen) atoms. The minimum Gasteiger partial charge on any atom is -0.506 e. The van der Waals surface area contributed by atoms with Gasteiger partial charge >= 0.3 is 5.97 Å². The van der Waals surface area contributed by atoms with Gasteiger partial charge < -0.3 is 14.6 Å². The molecule has 0 radical (unpaired) electrons. The van der Waals surface area contributed by atoms with E-state index in [1.807, 2.05) is 60.7 Å². The van der Waals surface area contributed by atoms with E-state index < -0.39 is 12.0 Å². The van der Waals surface area contributed by atoms with E-state index in [0.29, 0.717) is 40.0 Å². The molecule has 1 aliphatic rings. The van der Waals surface area contributed by atoms with Crippen molar-refractivity contribution in [1.82, 2.24) is 4.57 Å². The lowest BCUT2D eigenvalue weighted by molar-refractivity contribution is -0.139. The number of thiazole rings is 1. The lowest BCUT2D eigenvalue weighted by Crippen LogP contribution is -2.40. The molecule has 188 valence electrons. The first-order valence-electron chi connectivity index (χ1n) is 11.3. The van der Waals surface area contributed by atoms with Crippen molar-refractivity contribution in [1.29, 1.82) is 0 Å². The van der Waals surface area contributed by atoms with Crippen LogP contribution in [0.5, 0.6) is 11.5 Å². The van der Waals surface area contributed by atoms with Crippen molar-refractivity contribution in [3.63, 3.8) is 0 Å². The van der Waals surface area contributed by atoms with Gasteiger partial charge in [-0.25, -0.2) is 9.79 Å². The fourth-order valence-corrected chi connectivity index (χ4v) is 6.52. The number of hydrogen-bond donors (Lipinski definition) is 1. The van der Waals surface area contributed by atoms with Crippen LogP contribution in [0.2, 0.25) is 0 Å². The van der Waals surface area contributed by atoms with E-state index in [1.54, 1.807) is 36.6 Å². The molecule has 1 N–H and O–H groups in total. The Labute approximate surface area is 234 Å². The van der Waals surface area contributed by atoms with Crippen LogP contribution in [0.1, 0.15) is 44.9 Å². The topological polar surface area (TPSA) is 90.1 Å². The molecule has 7 nitrogen and oxygen atoms in total. The Morgan fingerprint density at radius 1 is 1.33 bits per heavy atom. The predicted molar refractivity (Wildman–Crippen MR) is 151 cm³/mol. The maximum absolute atomic E-state index is 13.8. The highest BCUT2D eigenvalue weighted by atomic mass is 127. The lowest BCUT2D eigenvalue weighted by Gasteiger charge is -2.26. The molecule has 0 amide bonds. The van der Waals surface area contributed by atoms with Crippen LogP contribution in [0.4, 0.5) is 0 Å². The molecule has 1 aromatic heterocycles. The Kier molecular flexibility index (Phi) is 8.06. The molecular formula is C26H24BrIN2O5S. The number of nitrogens with zero attached hydrogens (tertiary/aromatic N) is 2. The highest BCUT2D eigenvalue weighted by molar-refractivity contribution is 14.1. The van der Waals surface area contributed by atoms with Crippen molar-refractivity contribution in [2.75, 3.05) is 6.61 Å². The van der Waals surface area contributed by atoms with Crippen LogP contribution in [-0.4, -0.2) is 28.4 Å². The molecular weight excluding hydrogens is 659 g/mol. The quantitative estimate of drug-likeness (QED) is 0.302. The van der Waals surface area contributed by atoms with Gasteiger partial charge in [0.1, 0.15) is 17.5 Å². The molecule has 0 bridgehead atoms. The normalized spacial score (nSPS) is 15.6. The summed E-state index contributed by atoms with van der Waals surface area (Å²) in [7, 11) is 0. The molecule has 2 heterocycles. The number of hydrogen-bond acceptors (Lipinski definition) is 7. The number of phenolic OH excluding ortho intramolecular Hbond substituents is 1. The second kappa shape index (κ2) is 10.9. The zero-order valence-electron chi connectivity index (χ0n) is 20.0. The Bertz CT molecular complexity index is 1530. The number of ether oxygens (including phenoxy) is 2. The molecule has 0 spiro atoms. The number of carbonyl (C=O) groups excluding carboxylic acids is 1. The average molecular weight is 683 g/mol. The number of carbonyl (C=O) groups is 1.